The highest BCUT2D eigenvalue weighted by atomic mass is 32.1. The summed E-state index contributed by atoms with van der Waals surface area (Å²) in [5.74, 6) is -0.171. The maximum absolute atomic E-state index is 12.1. The molecule has 1 fully saturated rings. The summed E-state index contributed by atoms with van der Waals surface area (Å²) in [7, 11) is 0. The summed E-state index contributed by atoms with van der Waals surface area (Å²) in [4.78, 5) is 13.7. The molecule has 1 aliphatic rings. The van der Waals surface area contributed by atoms with Crippen LogP contribution >= 0.6 is 11.3 Å². The van der Waals surface area contributed by atoms with Crippen LogP contribution in [-0.2, 0) is 4.74 Å². The van der Waals surface area contributed by atoms with Crippen molar-refractivity contribution in [3.63, 3.8) is 0 Å². The van der Waals surface area contributed by atoms with Crippen LogP contribution in [0, 0.1) is 6.92 Å². The van der Waals surface area contributed by atoms with Gasteiger partial charge in [0.2, 0.25) is 0 Å². The van der Waals surface area contributed by atoms with Crippen LogP contribution in [0.15, 0.2) is 6.07 Å². The van der Waals surface area contributed by atoms with E-state index in [9.17, 15) is 9.90 Å². The molecule has 18 heavy (non-hydrogen) atoms. The Morgan fingerprint density at radius 3 is 2.78 bits per heavy atom. The zero-order chi connectivity index (χ0) is 13.2. The summed E-state index contributed by atoms with van der Waals surface area (Å²) < 4.78 is 5.26. The van der Waals surface area contributed by atoms with Gasteiger partial charge in [0.1, 0.15) is 0 Å². The fourth-order valence-electron chi connectivity index (χ4n) is 2.00. The van der Waals surface area contributed by atoms with Gasteiger partial charge in [0.25, 0.3) is 5.91 Å². The van der Waals surface area contributed by atoms with Crippen LogP contribution in [-0.4, -0.2) is 36.4 Å². The Hall–Kier alpha value is -1.11. The van der Waals surface area contributed by atoms with Crippen LogP contribution in [0.25, 0.3) is 0 Å². The quantitative estimate of drug-likeness (QED) is 0.762. The van der Waals surface area contributed by atoms with Crippen LogP contribution in [0.4, 0.5) is 5.69 Å². The van der Waals surface area contributed by atoms with Crippen molar-refractivity contribution in [3.8, 4) is 0 Å². The molecule has 1 aromatic heterocycles. The average molecular weight is 270 g/mol. The van der Waals surface area contributed by atoms with Crippen LogP contribution < -0.4 is 11.1 Å². The number of amides is 1. The van der Waals surface area contributed by atoms with Crippen molar-refractivity contribution in [3.05, 3.63) is 15.8 Å². The van der Waals surface area contributed by atoms with Crippen molar-refractivity contribution >= 4 is 22.9 Å². The highest BCUT2D eigenvalue weighted by molar-refractivity contribution is 7.14. The summed E-state index contributed by atoms with van der Waals surface area (Å²) in [6, 6.07) is 1.68. The highest BCUT2D eigenvalue weighted by Crippen LogP contribution is 2.25. The van der Waals surface area contributed by atoms with Gasteiger partial charge in [-0.1, -0.05) is 0 Å². The summed E-state index contributed by atoms with van der Waals surface area (Å²) in [6.07, 6.45) is 1.27. The smallest absolute Gasteiger partial charge is 0.261 e. The van der Waals surface area contributed by atoms with E-state index < -0.39 is 5.54 Å². The van der Waals surface area contributed by atoms with Crippen LogP contribution in [0.2, 0.25) is 0 Å². The lowest BCUT2D eigenvalue weighted by atomic mass is 9.91. The Kier molecular flexibility index (Phi) is 3.89. The maximum atomic E-state index is 12.1. The van der Waals surface area contributed by atoms with Crippen molar-refractivity contribution in [1.29, 1.82) is 0 Å². The Labute approximate surface area is 110 Å². The molecule has 0 radical (unpaired) electrons. The summed E-state index contributed by atoms with van der Waals surface area (Å²) in [6.45, 7) is 2.94. The molecule has 1 aliphatic heterocycles. The van der Waals surface area contributed by atoms with Gasteiger partial charge in [-0.25, -0.2) is 0 Å². The lowest BCUT2D eigenvalue weighted by molar-refractivity contribution is 0.0126. The van der Waals surface area contributed by atoms with E-state index in [-0.39, 0.29) is 12.5 Å². The number of aliphatic hydroxyl groups is 1. The monoisotopic (exact) mass is 270 g/mol. The third-order valence-corrected chi connectivity index (χ3v) is 4.38. The standard InChI is InChI=1S/C12H18N2O3S/c1-8-9(13)6-10(18-8)11(16)14-12(7-15)2-4-17-5-3-12/h6,15H,2-5,7,13H2,1H3,(H,14,16). The Balaban J connectivity index is 2.09. The maximum Gasteiger partial charge on any atom is 0.261 e. The number of nitrogens with two attached hydrogens (primary N) is 1. The lowest BCUT2D eigenvalue weighted by Crippen LogP contribution is -2.54. The second-order valence-electron chi connectivity index (χ2n) is 4.63. The summed E-state index contributed by atoms with van der Waals surface area (Å²) in [5, 5.41) is 12.4. The van der Waals surface area contributed by atoms with Gasteiger partial charge in [-0.3, -0.25) is 4.79 Å². The van der Waals surface area contributed by atoms with Crippen molar-refractivity contribution in [2.75, 3.05) is 25.6 Å². The second kappa shape index (κ2) is 5.26. The van der Waals surface area contributed by atoms with Gasteiger partial charge in [-0.15, -0.1) is 11.3 Å². The minimum absolute atomic E-state index is 0.0675. The topological polar surface area (TPSA) is 84.6 Å². The molecule has 0 unspecified atom stereocenters. The molecule has 1 aromatic rings. The largest absolute Gasteiger partial charge is 0.398 e. The molecule has 2 heterocycles. The highest BCUT2D eigenvalue weighted by Gasteiger charge is 2.34. The van der Waals surface area contributed by atoms with E-state index in [1.165, 1.54) is 11.3 Å². The van der Waals surface area contributed by atoms with E-state index in [2.05, 4.69) is 5.32 Å². The molecular formula is C12H18N2O3S. The minimum atomic E-state index is -0.554. The summed E-state index contributed by atoms with van der Waals surface area (Å²) >= 11 is 1.37. The molecule has 0 spiro atoms. The number of ether oxygens (including phenoxy) is 1. The van der Waals surface area contributed by atoms with E-state index in [1.807, 2.05) is 6.92 Å². The molecule has 5 nitrogen and oxygen atoms in total. The van der Waals surface area contributed by atoms with Gasteiger partial charge >= 0.3 is 0 Å². The first-order valence-corrected chi connectivity index (χ1v) is 6.75. The number of carbonyl (C=O) groups excluding carboxylic acids is 1. The molecular weight excluding hydrogens is 252 g/mol. The van der Waals surface area contributed by atoms with Crippen molar-refractivity contribution < 1.29 is 14.6 Å². The number of anilines is 1. The molecule has 4 N–H and O–H groups in total. The molecule has 1 amide bonds. The molecule has 0 atom stereocenters. The van der Waals surface area contributed by atoms with E-state index in [1.54, 1.807) is 6.07 Å². The SMILES string of the molecule is Cc1sc(C(=O)NC2(CO)CCOCC2)cc1N. The number of aliphatic hydroxyl groups excluding tert-OH is 1. The first kappa shape index (κ1) is 13.3. The molecule has 1 saturated heterocycles. The van der Waals surface area contributed by atoms with Crippen molar-refractivity contribution in [2.45, 2.75) is 25.3 Å². The van der Waals surface area contributed by atoms with Gasteiger partial charge in [0.05, 0.1) is 17.0 Å². The van der Waals surface area contributed by atoms with Crippen LogP contribution in [0.1, 0.15) is 27.4 Å². The molecule has 0 bridgehead atoms. The predicted octanol–water partition coefficient (Wildman–Crippen LogP) is 0.910. The van der Waals surface area contributed by atoms with E-state index >= 15 is 0 Å². The van der Waals surface area contributed by atoms with Crippen molar-refractivity contribution in [1.82, 2.24) is 5.32 Å². The van der Waals surface area contributed by atoms with E-state index in [0.29, 0.717) is 36.6 Å². The fraction of sp³-hybridized carbons (Fsp3) is 0.583. The van der Waals surface area contributed by atoms with Gasteiger partial charge in [-0.2, -0.15) is 0 Å². The average Bonchev–Trinajstić information content (AvgIpc) is 2.71. The first-order chi connectivity index (χ1) is 8.56. The first-order valence-electron chi connectivity index (χ1n) is 5.93. The molecule has 0 aliphatic carbocycles. The Bertz CT molecular complexity index is 419. The third kappa shape index (κ3) is 2.66. The van der Waals surface area contributed by atoms with Gasteiger partial charge < -0.3 is 20.9 Å². The zero-order valence-corrected chi connectivity index (χ0v) is 11.2. The summed E-state index contributed by atoms with van der Waals surface area (Å²) in [5.41, 5.74) is 5.82. The van der Waals surface area contributed by atoms with Crippen LogP contribution in [0.3, 0.4) is 0 Å². The normalized spacial score (nSPS) is 18.6. The lowest BCUT2D eigenvalue weighted by Gasteiger charge is -2.36. The molecule has 0 aromatic carbocycles. The Morgan fingerprint density at radius 2 is 2.28 bits per heavy atom. The number of carbonyl (C=O) groups is 1. The molecule has 2 rings (SSSR count). The number of rotatable bonds is 3. The minimum Gasteiger partial charge on any atom is -0.398 e. The number of hydrogen-bond donors (Lipinski definition) is 3. The predicted molar refractivity (Wildman–Crippen MR) is 70.8 cm³/mol. The molecule has 100 valence electrons. The number of nitrogen functional groups attached to an aromatic ring is 1. The number of aryl methyl sites for hydroxylation is 1. The fourth-order valence-corrected chi connectivity index (χ4v) is 2.83. The van der Waals surface area contributed by atoms with Crippen molar-refractivity contribution in [2.24, 2.45) is 0 Å². The Morgan fingerprint density at radius 1 is 1.61 bits per heavy atom. The second-order valence-corrected chi connectivity index (χ2v) is 5.88. The van der Waals surface area contributed by atoms with E-state index in [0.717, 1.165) is 4.88 Å². The van der Waals surface area contributed by atoms with Gasteiger partial charge in [-0.05, 0) is 25.8 Å². The number of nitrogens with one attached hydrogen (secondary N) is 1. The zero-order valence-electron chi connectivity index (χ0n) is 10.4. The number of hydrogen-bond acceptors (Lipinski definition) is 5. The third-order valence-electron chi connectivity index (χ3n) is 3.31. The van der Waals surface area contributed by atoms with Gasteiger partial charge in [0, 0.05) is 23.8 Å². The van der Waals surface area contributed by atoms with Crippen LogP contribution in [0.5, 0.6) is 0 Å². The van der Waals surface area contributed by atoms with Gasteiger partial charge in [0.15, 0.2) is 0 Å². The number of thiophene rings is 1. The van der Waals surface area contributed by atoms with E-state index in [4.69, 9.17) is 10.5 Å². The molecule has 0 saturated carbocycles. The molecule has 6 heteroatoms.